The third-order valence-corrected chi connectivity index (χ3v) is 3.71. The number of hydrogen-bond acceptors (Lipinski definition) is 5. The summed E-state index contributed by atoms with van der Waals surface area (Å²) in [5.41, 5.74) is 2.51. The van der Waals surface area contributed by atoms with Crippen LogP contribution >= 0.6 is 0 Å². The van der Waals surface area contributed by atoms with Crippen molar-refractivity contribution in [2.45, 2.75) is 6.61 Å². The van der Waals surface area contributed by atoms with Crippen LogP contribution in [0.3, 0.4) is 0 Å². The van der Waals surface area contributed by atoms with E-state index in [-0.39, 0.29) is 11.3 Å². The van der Waals surface area contributed by atoms with Crippen LogP contribution in [0, 0.1) is 0 Å². The number of aromatic hydroxyl groups is 1. The van der Waals surface area contributed by atoms with Gasteiger partial charge >= 0.3 is 0 Å². The fourth-order valence-electron chi connectivity index (χ4n) is 2.30. The molecule has 26 heavy (non-hydrogen) atoms. The van der Waals surface area contributed by atoms with E-state index in [1.54, 1.807) is 42.6 Å². The highest BCUT2D eigenvalue weighted by atomic mass is 16.5. The molecule has 1 N–H and O–H groups in total. The molecular formula is C21H16NO4-. The zero-order chi connectivity index (χ0) is 18.4. The lowest BCUT2D eigenvalue weighted by Crippen LogP contribution is -2.22. The second-order valence-electron chi connectivity index (χ2n) is 5.59. The zero-order valence-electron chi connectivity index (χ0n) is 13.8. The first kappa shape index (κ1) is 17.2. The standard InChI is InChI=1S/C21H17NO4/c23-19-11-9-18(10-12-19)22-13-17-3-1-2-4-20(17)26-14-15-5-7-16(8-6-15)21(24)25/h1-13,23H,14H2,(H,24,25)/p-1. The molecule has 0 saturated carbocycles. The molecule has 3 rings (SSSR count). The molecule has 0 aliphatic carbocycles. The van der Waals surface area contributed by atoms with E-state index in [9.17, 15) is 15.0 Å². The average molecular weight is 346 g/mol. The van der Waals surface area contributed by atoms with Crippen molar-refractivity contribution in [1.29, 1.82) is 0 Å². The number of carbonyl (C=O) groups excluding carboxylic acids is 1. The Kier molecular flexibility index (Phi) is 5.29. The molecule has 130 valence electrons. The van der Waals surface area contributed by atoms with Gasteiger partial charge in [-0.15, -0.1) is 0 Å². The van der Waals surface area contributed by atoms with Gasteiger partial charge in [0.05, 0.1) is 11.7 Å². The Morgan fingerprint density at radius 3 is 2.38 bits per heavy atom. The molecule has 5 heteroatoms. The van der Waals surface area contributed by atoms with E-state index in [4.69, 9.17) is 4.74 Å². The number of phenolic OH excluding ortho intramolecular Hbond substituents is 1. The van der Waals surface area contributed by atoms with Gasteiger partial charge in [-0.25, -0.2) is 0 Å². The Bertz CT molecular complexity index is 916. The molecule has 0 unspecified atom stereocenters. The number of benzene rings is 3. The van der Waals surface area contributed by atoms with E-state index in [1.807, 2.05) is 24.3 Å². The normalized spacial score (nSPS) is 10.8. The van der Waals surface area contributed by atoms with Crippen LogP contribution in [-0.2, 0) is 6.61 Å². The predicted molar refractivity (Wildman–Crippen MR) is 96.9 cm³/mol. The lowest BCUT2D eigenvalue weighted by molar-refractivity contribution is -0.255. The highest BCUT2D eigenvalue weighted by molar-refractivity contribution is 5.86. The van der Waals surface area contributed by atoms with Crippen LogP contribution < -0.4 is 9.84 Å². The summed E-state index contributed by atoms with van der Waals surface area (Å²) in [7, 11) is 0. The number of rotatable bonds is 6. The topological polar surface area (TPSA) is 82.0 Å². The third kappa shape index (κ3) is 4.48. The van der Waals surface area contributed by atoms with Gasteiger partial charge in [0.25, 0.3) is 0 Å². The van der Waals surface area contributed by atoms with Crippen molar-refractivity contribution in [1.82, 2.24) is 0 Å². The Morgan fingerprint density at radius 1 is 1.00 bits per heavy atom. The molecule has 3 aromatic carbocycles. The lowest BCUT2D eigenvalue weighted by atomic mass is 10.1. The molecule has 5 nitrogen and oxygen atoms in total. The zero-order valence-corrected chi connectivity index (χ0v) is 13.8. The van der Waals surface area contributed by atoms with Crippen molar-refractivity contribution < 1.29 is 19.7 Å². The van der Waals surface area contributed by atoms with Gasteiger partial charge in [-0.1, -0.05) is 36.4 Å². The molecule has 0 spiro atoms. The van der Waals surface area contributed by atoms with Crippen LogP contribution in [0.15, 0.2) is 77.8 Å². The number of phenols is 1. The number of para-hydroxylation sites is 1. The second-order valence-corrected chi connectivity index (χ2v) is 5.59. The summed E-state index contributed by atoms with van der Waals surface area (Å²) in [4.78, 5) is 15.1. The van der Waals surface area contributed by atoms with Crippen molar-refractivity contribution >= 4 is 17.9 Å². The minimum Gasteiger partial charge on any atom is -0.545 e. The van der Waals surface area contributed by atoms with E-state index < -0.39 is 5.97 Å². The molecule has 3 aromatic rings. The highest BCUT2D eigenvalue weighted by Gasteiger charge is 2.02. The molecular weight excluding hydrogens is 330 g/mol. The molecule has 0 aromatic heterocycles. The van der Waals surface area contributed by atoms with E-state index in [0.29, 0.717) is 12.4 Å². The van der Waals surface area contributed by atoms with Gasteiger partial charge < -0.3 is 19.7 Å². The summed E-state index contributed by atoms with van der Waals surface area (Å²) >= 11 is 0. The Labute approximate surface area is 150 Å². The van der Waals surface area contributed by atoms with E-state index in [1.165, 1.54) is 12.1 Å². The van der Waals surface area contributed by atoms with Gasteiger partial charge in [-0.3, -0.25) is 4.99 Å². The van der Waals surface area contributed by atoms with Crippen molar-refractivity contribution in [3.63, 3.8) is 0 Å². The fourth-order valence-corrected chi connectivity index (χ4v) is 2.30. The summed E-state index contributed by atoms with van der Waals surface area (Å²) in [5, 5.41) is 20.1. The fraction of sp³-hybridized carbons (Fsp3) is 0.0476. The summed E-state index contributed by atoms with van der Waals surface area (Å²) < 4.78 is 5.84. The molecule has 0 amide bonds. The molecule has 0 aliphatic rings. The van der Waals surface area contributed by atoms with Crippen LogP contribution in [0.4, 0.5) is 5.69 Å². The van der Waals surface area contributed by atoms with Gasteiger partial charge in [-0.05, 0) is 47.5 Å². The molecule has 0 fully saturated rings. The van der Waals surface area contributed by atoms with Crippen molar-refractivity contribution in [3.05, 3.63) is 89.5 Å². The van der Waals surface area contributed by atoms with Crippen LogP contribution in [0.2, 0.25) is 0 Å². The van der Waals surface area contributed by atoms with Crippen LogP contribution in [0.25, 0.3) is 0 Å². The lowest BCUT2D eigenvalue weighted by Gasteiger charge is -2.10. The van der Waals surface area contributed by atoms with Gasteiger partial charge in [0, 0.05) is 11.8 Å². The van der Waals surface area contributed by atoms with Gasteiger partial charge in [-0.2, -0.15) is 0 Å². The van der Waals surface area contributed by atoms with Gasteiger partial charge in [0.1, 0.15) is 18.1 Å². The first-order valence-corrected chi connectivity index (χ1v) is 7.97. The summed E-state index contributed by atoms with van der Waals surface area (Å²) in [6, 6.07) is 20.4. The highest BCUT2D eigenvalue weighted by Crippen LogP contribution is 2.20. The molecule has 0 aliphatic heterocycles. The number of nitrogens with zero attached hydrogens (tertiary/aromatic N) is 1. The van der Waals surface area contributed by atoms with Gasteiger partial charge in [0.2, 0.25) is 0 Å². The first-order valence-electron chi connectivity index (χ1n) is 7.97. The average Bonchev–Trinajstić information content (AvgIpc) is 2.67. The number of hydrogen-bond donors (Lipinski definition) is 1. The van der Waals surface area contributed by atoms with Crippen molar-refractivity contribution in [3.8, 4) is 11.5 Å². The minimum absolute atomic E-state index is 0.134. The smallest absolute Gasteiger partial charge is 0.128 e. The molecule has 0 bridgehead atoms. The maximum absolute atomic E-state index is 10.8. The minimum atomic E-state index is -1.20. The van der Waals surface area contributed by atoms with E-state index in [0.717, 1.165) is 16.8 Å². The van der Waals surface area contributed by atoms with E-state index in [2.05, 4.69) is 4.99 Å². The number of carboxylic acid groups (broad SMARTS) is 1. The quantitative estimate of drug-likeness (QED) is 0.695. The summed E-state index contributed by atoms with van der Waals surface area (Å²) in [6.07, 6.45) is 1.70. The largest absolute Gasteiger partial charge is 0.545 e. The Hall–Kier alpha value is -3.60. The number of ether oxygens (including phenoxy) is 1. The predicted octanol–water partition coefficient (Wildman–Crippen LogP) is 3.09. The number of aliphatic imine (C=N–C) groups is 1. The second kappa shape index (κ2) is 7.98. The first-order chi connectivity index (χ1) is 12.6. The number of aromatic carboxylic acids is 1. The molecule has 0 heterocycles. The summed E-state index contributed by atoms with van der Waals surface area (Å²) in [5.74, 6) is -0.343. The van der Waals surface area contributed by atoms with Gasteiger partial charge in [0.15, 0.2) is 0 Å². The molecule has 0 saturated heterocycles. The van der Waals surface area contributed by atoms with E-state index >= 15 is 0 Å². The maximum Gasteiger partial charge on any atom is 0.128 e. The SMILES string of the molecule is O=C([O-])c1ccc(COc2ccccc2C=Nc2ccc(O)cc2)cc1. The van der Waals surface area contributed by atoms with Crippen LogP contribution in [0.1, 0.15) is 21.5 Å². The van der Waals surface area contributed by atoms with Crippen molar-refractivity contribution in [2.75, 3.05) is 0 Å². The third-order valence-electron chi connectivity index (χ3n) is 3.71. The maximum atomic E-state index is 10.8. The monoisotopic (exact) mass is 346 g/mol. The molecule has 0 radical (unpaired) electrons. The van der Waals surface area contributed by atoms with Crippen LogP contribution in [-0.4, -0.2) is 17.3 Å². The Balaban J connectivity index is 1.70. The molecule has 0 atom stereocenters. The summed E-state index contributed by atoms with van der Waals surface area (Å²) in [6.45, 7) is 0.303. The number of carboxylic acids is 1. The Morgan fingerprint density at radius 2 is 1.69 bits per heavy atom. The van der Waals surface area contributed by atoms with Crippen molar-refractivity contribution in [2.24, 2.45) is 4.99 Å². The number of carbonyl (C=O) groups is 1. The van der Waals surface area contributed by atoms with Crippen LogP contribution in [0.5, 0.6) is 11.5 Å².